The van der Waals surface area contributed by atoms with Crippen LogP contribution in [-0.2, 0) is 6.54 Å². The molecule has 32 heavy (non-hydrogen) atoms. The Kier molecular flexibility index (Phi) is 5.29. The van der Waals surface area contributed by atoms with E-state index in [-0.39, 0.29) is 11.8 Å². The second kappa shape index (κ2) is 8.26. The molecule has 0 unspecified atom stereocenters. The number of rotatable bonds is 7. The highest BCUT2D eigenvalue weighted by Crippen LogP contribution is 2.43. The summed E-state index contributed by atoms with van der Waals surface area (Å²) in [4.78, 5) is 27.3. The van der Waals surface area contributed by atoms with E-state index in [4.69, 9.17) is 0 Å². The number of carbonyl (C=O) groups is 2. The molecule has 0 aliphatic heterocycles. The Hall–Kier alpha value is -3.41. The molecule has 0 radical (unpaired) electrons. The van der Waals surface area contributed by atoms with E-state index in [1.54, 1.807) is 11.1 Å². The van der Waals surface area contributed by atoms with Crippen LogP contribution in [0.2, 0.25) is 0 Å². The van der Waals surface area contributed by atoms with Crippen LogP contribution in [0.4, 0.5) is 0 Å². The molecule has 5 rings (SSSR count). The molecule has 6 heteroatoms. The van der Waals surface area contributed by atoms with Crippen LogP contribution in [0.5, 0.6) is 0 Å². The maximum absolute atomic E-state index is 13.3. The van der Waals surface area contributed by atoms with Crippen molar-refractivity contribution >= 4 is 11.8 Å². The molecule has 2 amide bonds. The fourth-order valence-corrected chi connectivity index (χ4v) is 4.07. The number of hydrogen-bond donors (Lipinski definition) is 1. The zero-order chi connectivity index (χ0) is 22.2. The van der Waals surface area contributed by atoms with Crippen LogP contribution >= 0.6 is 0 Å². The van der Waals surface area contributed by atoms with Gasteiger partial charge in [-0.1, -0.05) is 30.3 Å². The maximum Gasteiger partial charge on any atom is 0.257 e. The predicted molar refractivity (Wildman–Crippen MR) is 123 cm³/mol. The Balaban J connectivity index is 1.33. The first-order chi connectivity index (χ1) is 15.5. The Morgan fingerprint density at radius 2 is 1.78 bits per heavy atom. The zero-order valence-corrected chi connectivity index (χ0v) is 18.5. The Morgan fingerprint density at radius 1 is 1.06 bits per heavy atom. The lowest BCUT2D eigenvalue weighted by molar-refractivity contribution is 0.0783. The van der Waals surface area contributed by atoms with Crippen molar-refractivity contribution in [3.63, 3.8) is 0 Å². The summed E-state index contributed by atoms with van der Waals surface area (Å²) in [6, 6.07) is 16.0. The van der Waals surface area contributed by atoms with E-state index in [1.807, 2.05) is 54.2 Å². The molecule has 2 aliphatic carbocycles. The van der Waals surface area contributed by atoms with Crippen molar-refractivity contribution < 1.29 is 9.59 Å². The summed E-state index contributed by atoms with van der Waals surface area (Å²) in [6.07, 6.45) is 6.03. The minimum absolute atomic E-state index is 0.0257. The highest BCUT2D eigenvalue weighted by Gasteiger charge is 2.34. The predicted octanol–water partition coefficient (Wildman–Crippen LogP) is 4.22. The molecule has 2 aliphatic rings. The number of aryl methyl sites for hydroxylation is 1. The van der Waals surface area contributed by atoms with Gasteiger partial charge in [0.05, 0.1) is 23.1 Å². The second-order valence-electron chi connectivity index (χ2n) is 9.02. The van der Waals surface area contributed by atoms with E-state index in [0.717, 1.165) is 48.2 Å². The van der Waals surface area contributed by atoms with Gasteiger partial charge in [0.2, 0.25) is 0 Å². The molecule has 2 aromatic carbocycles. The van der Waals surface area contributed by atoms with Gasteiger partial charge in [0.25, 0.3) is 11.8 Å². The first kappa shape index (κ1) is 20.5. The fourth-order valence-electron chi connectivity index (χ4n) is 4.07. The Bertz CT molecular complexity index is 1160. The summed E-state index contributed by atoms with van der Waals surface area (Å²) in [5, 5.41) is 7.60. The van der Waals surface area contributed by atoms with Gasteiger partial charge in [-0.25, -0.2) is 4.68 Å². The standard InChI is InChI=1S/C26H28N4O2/c1-17-5-3-4-6-23(17)30-24(19-11-12-19)22(15-27-30)26(32)29(2)16-18-7-9-20(10-8-18)25(31)28-21-13-14-21/h3-10,15,19,21H,11-14,16H2,1-2H3,(H,28,31). The van der Waals surface area contributed by atoms with Gasteiger partial charge < -0.3 is 10.2 Å². The van der Waals surface area contributed by atoms with Crippen LogP contribution < -0.4 is 5.32 Å². The van der Waals surface area contributed by atoms with Gasteiger partial charge in [0, 0.05) is 31.1 Å². The first-order valence-electron chi connectivity index (χ1n) is 11.3. The van der Waals surface area contributed by atoms with Crippen LogP contribution in [0.15, 0.2) is 54.7 Å². The third kappa shape index (κ3) is 4.17. The van der Waals surface area contributed by atoms with Crippen LogP contribution in [-0.4, -0.2) is 39.6 Å². The van der Waals surface area contributed by atoms with Crippen LogP contribution in [0.25, 0.3) is 5.69 Å². The van der Waals surface area contributed by atoms with Crippen molar-refractivity contribution in [1.82, 2.24) is 20.0 Å². The number of benzene rings is 2. The Morgan fingerprint density at radius 3 is 2.44 bits per heavy atom. The molecule has 0 bridgehead atoms. The molecule has 1 aromatic heterocycles. The SMILES string of the molecule is Cc1ccccc1-n1ncc(C(=O)N(C)Cc2ccc(C(=O)NC3CC3)cc2)c1C1CC1. The van der Waals surface area contributed by atoms with E-state index in [9.17, 15) is 9.59 Å². The molecule has 0 atom stereocenters. The van der Waals surface area contributed by atoms with E-state index >= 15 is 0 Å². The molecule has 3 aromatic rings. The van der Waals surface area contributed by atoms with E-state index in [1.165, 1.54) is 0 Å². The Labute approximate surface area is 188 Å². The lowest BCUT2D eigenvalue weighted by Crippen LogP contribution is -2.27. The average molecular weight is 429 g/mol. The van der Waals surface area contributed by atoms with Crippen molar-refractivity contribution in [3.05, 3.63) is 82.7 Å². The normalized spacial score (nSPS) is 15.4. The van der Waals surface area contributed by atoms with Gasteiger partial charge in [-0.15, -0.1) is 0 Å². The number of nitrogens with zero attached hydrogens (tertiary/aromatic N) is 3. The topological polar surface area (TPSA) is 67.2 Å². The lowest BCUT2D eigenvalue weighted by Gasteiger charge is -2.18. The van der Waals surface area contributed by atoms with Crippen molar-refractivity contribution in [2.75, 3.05) is 7.05 Å². The molecule has 1 heterocycles. The number of aromatic nitrogens is 2. The third-order valence-electron chi connectivity index (χ3n) is 6.24. The summed E-state index contributed by atoms with van der Waals surface area (Å²) in [6.45, 7) is 2.54. The van der Waals surface area contributed by atoms with Gasteiger partial charge >= 0.3 is 0 Å². The van der Waals surface area contributed by atoms with Gasteiger partial charge in [-0.3, -0.25) is 9.59 Å². The molecule has 6 nitrogen and oxygen atoms in total. The minimum Gasteiger partial charge on any atom is -0.349 e. The molecule has 2 saturated carbocycles. The third-order valence-corrected chi connectivity index (χ3v) is 6.24. The van der Waals surface area contributed by atoms with Gasteiger partial charge in [0.15, 0.2) is 0 Å². The molecule has 0 saturated heterocycles. The molecule has 1 N–H and O–H groups in total. The van der Waals surface area contributed by atoms with Gasteiger partial charge in [-0.05, 0) is 61.9 Å². The summed E-state index contributed by atoms with van der Waals surface area (Å²) >= 11 is 0. The zero-order valence-electron chi connectivity index (χ0n) is 18.5. The smallest absolute Gasteiger partial charge is 0.257 e. The second-order valence-corrected chi connectivity index (χ2v) is 9.02. The van der Waals surface area contributed by atoms with Crippen LogP contribution in [0.1, 0.15) is 69.1 Å². The average Bonchev–Trinajstić information content (AvgIpc) is 3.73. The highest BCUT2D eigenvalue weighted by molar-refractivity contribution is 5.96. The molecule has 164 valence electrons. The first-order valence-corrected chi connectivity index (χ1v) is 11.3. The quantitative estimate of drug-likeness (QED) is 0.613. The summed E-state index contributed by atoms with van der Waals surface area (Å²) in [7, 11) is 1.82. The number of hydrogen-bond acceptors (Lipinski definition) is 3. The summed E-state index contributed by atoms with van der Waals surface area (Å²) in [5.41, 5.74) is 5.50. The van der Waals surface area contributed by atoms with Crippen molar-refractivity contribution in [2.24, 2.45) is 0 Å². The van der Waals surface area contributed by atoms with E-state index in [2.05, 4.69) is 23.4 Å². The summed E-state index contributed by atoms with van der Waals surface area (Å²) < 4.78 is 1.95. The van der Waals surface area contributed by atoms with Crippen LogP contribution in [0, 0.1) is 6.92 Å². The molecule has 2 fully saturated rings. The fraction of sp³-hybridized carbons (Fsp3) is 0.346. The summed E-state index contributed by atoms with van der Waals surface area (Å²) in [5.74, 6) is 0.331. The van der Waals surface area contributed by atoms with Gasteiger partial charge in [-0.2, -0.15) is 5.10 Å². The lowest BCUT2D eigenvalue weighted by atomic mass is 10.1. The maximum atomic E-state index is 13.3. The monoisotopic (exact) mass is 428 g/mol. The van der Waals surface area contributed by atoms with E-state index < -0.39 is 0 Å². The molecule has 0 spiro atoms. The highest BCUT2D eigenvalue weighted by atomic mass is 16.2. The number of para-hydroxylation sites is 1. The van der Waals surface area contributed by atoms with Crippen molar-refractivity contribution in [3.8, 4) is 5.69 Å². The number of carbonyl (C=O) groups excluding carboxylic acids is 2. The molecular formula is C26H28N4O2. The van der Waals surface area contributed by atoms with Crippen LogP contribution in [0.3, 0.4) is 0 Å². The largest absolute Gasteiger partial charge is 0.349 e. The number of nitrogens with one attached hydrogen (secondary N) is 1. The van der Waals surface area contributed by atoms with Crippen molar-refractivity contribution in [2.45, 2.75) is 51.1 Å². The van der Waals surface area contributed by atoms with E-state index in [0.29, 0.717) is 29.6 Å². The number of amides is 2. The van der Waals surface area contributed by atoms with Crippen molar-refractivity contribution in [1.29, 1.82) is 0 Å². The molecular weight excluding hydrogens is 400 g/mol. The van der Waals surface area contributed by atoms with Gasteiger partial charge in [0.1, 0.15) is 0 Å². The minimum atomic E-state index is -0.0267.